The number of rotatable bonds is 6. The van der Waals surface area contributed by atoms with E-state index in [1.54, 1.807) is 12.3 Å². The molecule has 0 saturated carbocycles. The fourth-order valence-electron chi connectivity index (χ4n) is 4.91. The van der Waals surface area contributed by atoms with Gasteiger partial charge in [0.2, 0.25) is 5.91 Å². The Labute approximate surface area is 231 Å². The van der Waals surface area contributed by atoms with E-state index in [-0.39, 0.29) is 24.5 Å². The van der Waals surface area contributed by atoms with Crippen LogP contribution in [0, 0.1) is 13.8 Å². The summed E-state index contributed by atoms with van der Waals surface area (Å²) >= 11 is 18.7. The van der Waals surface area contributed by atoms with Crippen LogP contribution in [0.5, 0.6) is 0 Å². The number of carbonyl (C=O) groups is 1. The maximum atomic E-state index is 13.1. The molecule has 3 heterocycles. The first kappa shape index (κ1) is 25.3. The van der Waals surface area contributed by atoms with E-state index in [1.165, 1.54) is 0 Å². The molecule has 188 valence electrons. The molecule has 4 aromatic rings. The second-order valence-electron chi connectivity index (χ2n) is 8.90. The number of nitrogens with zero attached hydrogens (tertiary/aromatic N) is 3. The molecular formula is C28H25Cl2N5OS. The molecule has 1 fully saturated rings. The van der Waals surface area contributed by atoms with E-state index < -0.39 is 0 Å². The van der Waals surface area contributed by atoms with Crippen molar-refractivity contribution in [1.82, 2.24) is 19.8 Å². The van der Waals surface area contributed by atoms with E-state index >= 15 is 0 Å². The first-order valence-corrected chi connectivity index (χ1v) is 13.0. The van der Waals surface area contributed by atoms with Crippen LogP contribution >= 0.6 is 35.4 Å². The van der Waals surface area contributed by atoms with Gasteiger partial charge >= 0.3 is 0 Å². The third kappa shape index (κ3) is 4.94. The van der Waals surface area contributed by atoms with Gasteiger partial charge in [0, 0.05) is 23.3 Å². The highest BCUT2D eigenvalue weighted by atomic mass is 35.5. The molecule has 1 saturated heterocycles. The van der Waals surface area contributed by atoms with Gasteiger partial charge in [-0.1, -0.05) is 53.5 Å². The zero-order chi connectivity index (χ0) is 26.1. The SMILES string of the molecule is Cc1cc([C@H]2[C@H](c3ccccn3)NC(=S)N2CC(=O)Nc2ccccc2)c(C)n1-c1cccc(Cl)c1Cl. The van der Waals surface area contributed by atoms with Crippen LogP contribution in [0.25, 0.3) is 5.69 Å². The van der Waals surface area contributed by atoms with Crippen LogP contribution < -0.4 is 10.6 Å². The van der Waals surface area contributed by atoms with Crippen LogP contribution in [0.4, 0.5) is 5.69 Å². The number of pyridine rings is 1. The van der Waals surface area contributed by atoms with Crippen LogP contribution in [-0.2, 0) is 4.79 Å². The average molecular weight is 551 g/mol. The Balaban J connectivity index is 1.56. The van der Waals surface area contributed by atoms with Crippen LogP contribution in [-0.4, -0.2) is 32.0 Å². The lowest BCUT2D eigenvalue weighted by atomic mass is 9.96. The molecule has 6 nitrogen and oxygen atoms in total. The third-order valence-corrected chi connectivity index (χ3v) is 7.69. The Morgan fingerprint density at radius 2 is 1.81 bits per heavy atom. The number of para-hydroxylation sites is 1. The molecule has 1 aliphatic heterocycles. The Bertz CT molecular complexity index is 1460. The molecule has 0 bridgehead atoms. The molecule has 0 radical (unpaired) electrons. The highest BCUT2D eigenvalue weighted by Gasteiger charge is 2.42. The molecule has 0 unspecified atom stereocenters. The summed E-state index contributed by atoms with van der Waals surface area (Å²) in [5, 5.41) is 7.85. The molecule has 0 spiro atoms. The maximum absolute atomic E-state index is 13.1. The van der Waals surface area contributed by atoms with E-state index in [0.717, 1.165) is 34.0 Å². The lowest BCUT2D eigenvalue weighted by Crippen LogP contribution is -2.37. The van der Waals surface area contributed by atoms with Crippen molar-refractivity contribution in [3.63, 3.8) is 0 Å². The summed E-state index contributed by atoms with van der Waals surface area (Å²) in [7, 11) is 0. The number of carbonyl (C=O) groups excluding carboxylic acids is 1. The van der Waals surface area contributed by atoms with Gasteiger partial charge in [0.15, 0.2) is 5.11 Å². The summed E-state index contributed by atoms with van der Waals surface area (Å²) in [6, 6.07) is 22.4. The molecule has 9 heteroatoms. The predicted octanol–water partition coefficient (Wildman–Crippen LogP) is 6.41. The zero-order valence-electron chi connectivity index (χ0n) is 20.3. The molecule has 5 rings (SSSR count). The summed E-state index contributed by atoms with van der Waals surface area (Å²) in [6.07, 6.45) is 1.76. The average Bonchev–Trinajstić information content (AvgIpc) is 3.36. The largest absolute Gasteiger partial charge is 0.352 e. The molecule has 1 aliphatic rings. The lowest BCUT2D eigenvalue weighted by Gasteiger charge is -2.27. The smallest absolute Gasteiger partial charge is 0.244 e. The first-order valence-electron chi connectivity index (χ1n) is 11.8. The number of hydrogen-bond donors (Lipinski definition) is 2. The van der Waals surface area contributed by atoms with Gasteiger partial charge in [-0.15, -0.1) is 0 Å². The Kier molecular flexibility index (Phi) is 7.20. The van der Waals surface area contributed by atoms with E-state index in [9.17, 15) is 4.79 Å². The molecule has 1 amide bonds. The predicted molar refractivity (Wildman–Crippen MR) is 152 cm³/mol. The van der Waals surface area contributed by atoms with Crippen molar-refractivity contribution in [2.45, 2.75) is 25.9 Å². The van der Waals surface area contributed by atoms with Crippen molar-refractivity contribution in [2.75, 3.05) is 11.9 Å². The summed E-state index contributed by atoms with van der Waals surface area (Å²) in [6.45, 7) is 4.14. The molecular weight excluding hydrogens is 525 g/mol. The standard InChI is InChI=1S/C28H25Cl2N5OS/c1-17-15-20(18(2)35(17)23-13-8-11-21(29)25(23)30)27-26(22-12-6-7-14-31-22)33-28(37)34(27)16-24(36)32-19-9-4-3-5-10-19/h3-15,26-27H,16H2,1-2H3,(H,32,36)(H,33,37)/t26-,27-/m0/s1. The van der Waals surface area contributed by atoms with Gasteiger partial charge in [0.25, 0.3) is 0 Å². The van der Waals surface area contributed by atoms with E-state index in [1.807, 2.05) is 79.4 Å². The van der Waals surface area contributed by atoms with Gasteiger partial charge in [-0.2, -0.15) is 0 Å². The Hall–Kier alpha value is -3.39. The highest BCUT2D eigenvalue weighted by molar-refractivity contribution is 7.80. The van der Waals surface area contributed by atoms with E-state index in [0.29, 0.717) is 15.2 Å². The number of benzene rings is 2. The molecule has 2 aromatic heterocycles. The Morgan fingerprint density at radius 3 is 2.54 bits per heavy atom. The topological polar surface area (TPSA) is 62.2 Å². The fourth-order valence-corrected chi connectivity index (χ4v) is 5.60. The first-order chi connectivity index (χ1) is 17.8. The monoisotopic (exact) mass is 549 g/mol. The number of hydrogen-bond acceptors (Lipinski definition) is 3. The van der Waals surface area contributed by atoms with Crippen molar-refractivity contribution in [3.8, 4) is 5.69 Å². The van der Waals surface area contributed by atoms with Crippen molar-refractivity contribution < 1.29 is 4.79 Å². The lowest BCUT2D eigenvalue weighted by molar-refractivity contribution is -0.116. The number of nitrogens with one attached hydrogen (secondary N) is 2. The second-order valence-corrected chi connectivity index (χ2v) is 10.1. The van der Waals surface area contributed by atoms with Crippen LogP contribution in [0.1, 0.15) is 34.7 Å². The van der Waals surface area contributed by atoms with Gasteiger partial charge in [0.05, 0.1) is 33.5 Å². The van der Waals surface area contributed by atoms with E-state index in [2.05, 4.69) is 26.3 Å². The quantitative estimate of drug-likeness (QED) is 0.272. The number of halogens is 2. The minimum atomic E-state index is -0.276. The van der Waals surface area contributed by atoms with Gasteiger partial charge in [-0.05, 0) is 74.1 Å². The van der Waals surface area contributed by atoms with Gasteiger partial charge in [-0.25, -0.2) is 0 Å². The normalized spacial score (nSPS) is 17.1. The van der Waals surface area contributed by atoms with Crippen molar-refractivity contribution in [1.29, 1.82) is 0 Å². The number of aryl methyl sites for hydroxylation is 1. The minimum absolute atomic E-state index is 0.0797. The molecule has 37 heavy (non-hydrogen) atoms. The van der Waals surface area contributed by atoms with Crippen molar-refractivity contribution >= 4 is 52.1 Å². The summed E-state index contributed by atoms with van der Waals surface area (Å²) in [5.74, 6) is -0.159. The Morgan fingerprint density at radius 1 is 1.05 bits per heavy atom. The van der Waals surface area contributed by atoms with E-state index in [4.69, 9.17) is 35.4 Å². The fraction of sp³-hybridized carbons (Fsp3) is 0.179. The number of anilines is 1. The maximum Gasteiger partial charge on any atom is 0.244 e. The van der Waals surface area contributed by atoms with Gasteiger partial charge in [0.1, 0.15) is 6.54 Å². The minimum Gasteiger partial charge on any atom is -0.352 e. The molecule has 2 aromatic carbocycles. The van der Waals surface area contributed by atoms with Crippen LogP contribution in [0.2, 0.25) is 10.0 Å². The van der Waals surface area contributed by atoms with Crippen LogP contribution in [0.3, 0.4) is 0 Å². The summed E-state index contributed by atoms with van der Waals surface area (Å²) in [4.78, 5) is 19.6. The molecule has 2 N–H and O–H groups in total. The van der Waals surface area contributed by atoms with Gasteiger partial charge < -0.3 is 20.1 Å². The van der Waals surface area contributed by atoms with Crippen molar-refractivity contribution in [3.05, 3.63) is 112 Å². The van der Waals surface area contributed by atoms with Gasteiger partial charge in [-0.3, -0.25) is 9.78 Å². The zero-order valence-corrected chi connectivity index (χ0v) is 22.6. The molecule has 0 aliphatic carbocycles. The summed E-state index contributed by atoms with van der Waals surface area (Å²) < 4.78 is 2.09. The number of amides is 1. The van der Waals surface area contributed by atoms with Crippen molar-refractivity contribution in [2.24, 2.45) is 0 Å². The second kappa shape index (κ2) is 10.5. The number of thiocarbonyl (C=S) groups is 1. The highest BCUT2D eigenvalue weighted by Crippen LogP contribution is 2.42. The third-order valence-electron chi connectivity index (χ3n) is 6.53. The summed E-state index contributed by atoms with van der Waals surface area (Å²) in [5.41, 5.74) is 5.36. The van der Waals surface area contributed by atoms with Crippen LogP contribution in [0.15, 0.2) is 79.0 Å². The number of aromatic nitrogens is 2. The molecule has 2 atom stereocenters.